The molecule has 25 heavy (non-hydrogen) atoms. The second kappa shape index (κ2) is 6.71. The van der Waals surface area contributed by atoms with Crippen molar-refractivity contribution in [2.75, 3.05) is 7.05 Å². The Balaban J connectivity index is 0.00000182. The summed E-state index contributed by atoms with van der Waals surface area (Å²) in [6.07, 6.45) is 6.33. The molecule has 126 valence electrons. The first-order chi connectivity index (χ1) is 11.6. The first-order valence-electron chi connectivity index (χ1n) is 8.31. The van der Waals surface area contributed by atoms with Crippen LogP contribution in [0.2, 0.25) is 0 Å². The van der Waals surface area contributed by atoms with Gasteiger partial charge in [-0.05, 0) is 37.6 Å². The van der Waals surface area contributed by atoms with Crippen molar-refractivity contribution in [3.05, 3.63) is 78.0 Å². The number of aromatic nitrogens is 1. The van der Waals surface area contributed by atoms with Gasteiger partial charge in [0, 0.05) is 29.3 Å². The van der Waals surface area contributed by atoms with Gasteiger partial charge in [0.2, 0.25) is 5.69 Å². The molecule has 0 fully saturated rings. The van der Waals surface area contributed by atoms with Gasteiger partial charge in [0.1, 0.15) is 7.05 Å². The van der Waals surface area contributed by atoms with Crippen molar-refractivity contribution in [2.24, 2.45) is 0 Å². The molecule has 0 amide bonds. The monoisotopic (exact) mass is 440 g/mol. The first-order valence-corrected chi connectivity index (χ1v) is 8.31. The molecule has 1 aliphatic heterocycles. The number of hydrogen-bond acceptors (Lipinski definition) is 1. The van der Waals surface area contributed by atoms with Gasteiger partial charge in [-0.3, -0.25) is 4.98 Å². The van der Waals surface area contributed by atoms with Crippen molar-refractivity contribution in [3.63, 3.8) is 0 Å². The van der Waals surface area contributed by atoms with Gasteiger partial charge in [-0.1, -0.05) is 36.4 Å². The number of allylic oxidation sites excluding steroid dienone is 1. The highest BCUT2D eigenvalue weighted by atomic mass is 127. The molecule has 0 saturated carbocycles. The molecule has 3 aromatic rings. The van der Waals surface area contributed by atoms with E-state index < -0.39 is 0 Å². The Bertz CT molecular complexity index is 1000. The van der Waals surface area contributed by atoms with Crippen LogP contribution in [0.1, 0.15) is 25.0 Å². The van der Waals surface area contributed by atoms with Crippen molar-refractivity contribution >= 4 is 28.4 Å². The molecular weight excluding hydrogens is 419 g/mol. The van der Waals surface area contributed by atoms with Crippen molar-refractivity contribution < 1.29 is 28.6 Å². The van der Waals surface area contributed by atoms with E-state index >= 15 is 0 Å². The van der Waals surface area contributed by atoms with Gasteiger partial charge in [0.25, 0.3) is 0 Å². The van der Waals surface area contributed by atoms with Gasteiger partial charge in [0.15, 0.2) is 5.71 Å². The third-order valence-electron chi connectivity index (χ3n) is 4.99. The summed E-state index contributed by atoms with van der Waals surface area (Å²) in [6, 6.07) is 19.1. The molecule has 0 bridgehead atoms. The third kappa shape index (κ3) is 3.01. The molecule has 0 spiro atoms. The van der Waals surface area contributed by atoms with Gasteiger partial charge in [0.05, 0.1) is 10.9 Å². The summed E-state index contributed by atoms with van der Waals surface area (Å²) >= 11 is 0. The Morgan fingerprint density at radius 1 is 0.960 bits per heavy atom. The van der Waals surface area contributed by atoms with E-state index in [2.05, 4.69) is 85.1 Å². The molecule has 3 heteroatoms. The van der Waals surface area contributed by atoms with Crippen LogP contribution in [0.25, 0.3) is 17.0 Å². The SMILES string of the molecule is C[N+]1=C(/C=C/c2cnc3ccccc3c2)C(C)(C)c2ccccc21.[I-]. The fourth-order valence-electron chi connectivity index (χ4n) is 3.66. The minimum Gasteiger partial charge on any atom is -1.00 e. The lowest BCUT2D eigenvalue weighted by molar-refractivity contribution is -0.401. The number of hydrogen-bond donors (Lipinski definition) is 0. The van der Waals surface area contributed by atoms with Crippen LogP contribution in [0.15, 0.2) is 66.9 Å². The average Bonchev–Trinajstić information content (AvgIpc) is 2.80. The lowest BCUT2D eigenvalue weighted by Gasteiger charge is -2.15. The topological polar surface area (TPSA) is 15.9 Å². The van der Waals surface area contributed by atoms with Crippen molar-refractivity contribution in [3.8, 4) is 0 Å². The van der Waals surface area contributed by atoms with Crippen molar-refractivity contribution in [1.29, 1.82) is 0 Å². The highest BCUT2D eigenvalue weighted by Crippen LogP contribution is 2.39. The summed E-state index contributed by atoms with van der Waals surface area (Å²) in [6.45, 7) is 4.57. The second-order valence-corrected chi connectivity index (χ2v) is 6.88. The quantitative estimate of drug-likeness (QED) is 0.440. The second-order valence-electron chi connectivity index (χ2n) is 6.88. The normalized spacial score (nSPS) is 15.5. The van der Waals surface area contributed by atoms with Crippen molar-refractivity contribution in [1.82, 2.24) is 4.98 Å². The van der Waals surface area contributed by atoms with Crippen LogP contribution >= 0.6 is 0 Å². The fourth-order valence-corrected chi connectivity index (χ4v) is 3.66. The number of para-hydroxylation sites is 2. The zero-order valence-corrected chi connectivity index (χ0v) is 16.9. The van der Waals surface area contributed by atoms with E-state index in [1.165, 1.54) is 22.3 Å². The van der Waals surface area contributed by atoms with Gasteiger partial charge in [-0.15, -0.1) is 0 Å². The van der Waals surface area contributed by atoms with Crippen LogP contribution in [0.3, 0.4) is 0 Å². The molecule has 0 aliphatic carbocycles. The summed E-state index contributed by atoms with van der Waals surface area (Å²) in [4.78, 5) is 4.55. The van der Waals surface area contributed by atoms with E-state index in [1.807, 2.05) is 18.3 Å². The predicted octanol–water partition coefficient (Wildman–Crippen LogP) is 1.96. The third-order valence-corrected chi connectivity index (χ3v) is 4.99. The van der Waals surface area contributed by atoms with Crippen LogP contribution in [0.4, 0.5) is 5.69 Å². The lowest BCUT2D eigenvalue weighted by atomic mass is 9.81. The number of benzene rings is 2. The fraction of sp³-hybridized carbons (Fsp3) is 0.182. The Labute approximate surface area is 165 Å². The number of pyridine rings is 1. The van der Waals surface area contributed by atoms with Gasteiger partial charge >= 0.3 is 0 Å². The Morgan fingerprint density at radius 3 is 2.48 bits per heavy atom. The maximum absolute atomic E-state index is 4.55. The number of halogens is 1. The Kier molecular flexibility index (Phi) is 4.78. The largest absolute Gasteiger partial charge is 1.00 e. The molecule has 4 rings (SSSR count). The molecule has 1 aliphatic rings. The number of fused-ring (bicyclic) bond motifs is 2. The van der Waals surface area contributed by atoms with E-state index in [4.69, 9.17) is 0 Å². The highest BCUT2D eigenvalue weighted by molar-refractivity contribution is 6.05. The van der Waals surface area contributed by atoms with E-state index in [1.54, 1.807) is 0 Å². The molecule has 2 heterocycles. The highest BCUT2D eigenvalue weighted by Gasteiger charge is 2.42. The molecule has 2 aromatic carbocycles. The lowest BCUT2D eigenvalue weighted by Crippen LogP contribution is -3.00. The molecule has 0 N–H and O–H groups in total. The maximum atomic E-state index is 4.55. The van der Waals surface area contributed by atoms with Gasteiger partial charge in [-0.25, -0.2) is 0 Å². The maximum Gasteiger partial charge on any atom is 0.209 e. The summed E-state index contributed by atoms with van der Waals surface area (Å²) in [5.41, 5.74) is 6.14. The van der Waals surface area contributed by atoms with Crippen LogP contribution in [0.5, 0.6) is 0 Å². The summed E-state index contributed by atoms with van der Waals surface area (Å²) in [5, 5.41) is 1.17. The Morgan fingerprint density at radius 2 is 1.68 bits per heavy atom. The molecule has 0 unspecified atom stereocenters. The summed E-state index contributed by atoms with van der Waals surface area (Å²) < 4.78 is 2.29. The minimum absolute atomic E-state index is 0. The number of rotatable bonds is 2. The van der Waals surface area contributed by atoms with E-state index in [-0.39, 0.29) is 29.4 Å². The smallest absolute Gasteiger partial charge is 0.209 e. The first kappa shape index (κ1) is 17.8. The van der Waals surface area contributed by atoms with E-state index in [0.29, 0.717) is 0 Å². The summed E-state index contributed by atoms with van der Waals surface area (Å²) in [7, 11) is 2.14. The zero-order chi connectivity index (χ0) is 16.7. The van der Waals surface area contributed by atoms with E-state index in [0.717, 1.165) is 11.1 Å². The predicted molar refractivity (Wildman–Crippen MR) is 101 cm³/mol. The van der Waals surface area contributed by atoms with E-state index in [9.17, 15) is 0 Å². The molecule has 1 aromatic heterocycles. The number of nitrogens with zero attached hydrogens (tertiary/aromatic N) is 2. The minimum atomic E-state index is 0. The summed E-state index contributed by atoms with van der Waals surface area (Å²) in [5.74, 6) is 0. The Hall–Kier alpha value is -2.01. The average molecular weight is 440 g/mol. The molecule has 0 saturated heterocycles. The van der Waals surface area contributed by atoms with Crippen LogP contribution in [0, 0.1) is 0 Å². The van der Waals surface area contributed by atoms with Crippen LogP contribution < -0.4 is 24.0 Å². The molecule has 2 nitrogen and oxygen atoms in total. The molecule has 0 atom stereocenters. The zero-order valence-electron chi connectivity index (χ0n) is 14.7. The van der Waals surface area contributed by atoms with Gasteiger partial charge in [-0.2, -0.15) is 4.58 Å². The van der Waals surface area contributed by atoms with Gasteiger partial charge < -0.3 is 24.0 Å². The molecule has 0 radical (unpaired) electrons. The standard InChI is InChI=1S/C22H21N2.HI/c1-22(2)18-9-5-7-11-20(18)24(3)21(22)13-12-16-14-17-8-4-6-10-19(17)23-15-16;/h4-15H,1-3H3;1H/q+1;/p-1. The molecular formula is C22H21IN2. The van der Waals surface area contributed by atoms with Crippen LogP contribution in [-0.4, -0.2) is 22.3 Å². The van der Waals surface area contributed by atoms with Crippen LogP contribution in [-0.2, 0) is 5.41 Å². The van der Waals surface area contributed by atoms with Crippen molar-refractivity contribution in [2.45, 2.75) is 19.3 Å².